The molecule has 0 atom stereocenters. The number of fused-ring (bicyclic) bond motifs is 1. The molecule has 0 aliphatic carbocycles. The molecule has 1 aromatic heterocycles. The van der Waals surface area contributed by atoms with Crippen molar-refractivity contribution in [2.45, 2.75) is 32.6 Å². The van der Waals surface area contributed by atoms with E-state index in [4.69, 9.17) is 5.73 Å². The number of hydrogen-bond donors (Lipinski definition) is 2. The maximum Gasteiger partial charge on any atom is 0.0458 e. The van der Waals surface area contributed by atoms with Gasteiger partial charge >= 0.3 is 0 Å². The van der Waals surface area contributed by atoms with Gasteiger partial charge in [-0.15, -0.1) is 0 Å². The standard InChI is InChI=1S/C14H20N2/c1-2-3-7-13-12(9-10-15)11-6-4-5-8-14(11)16-13/h4-6,8,16H,2-3,7,9-10,15H2,1H3. The van der Waals surface area contributed by atoms with Crippen molar-refractivity contribution in [2.75, 3.05) is 6.54 Å². The maximum atomic E-state index is 5.69. The molecule has 0 saturated heterocycles. The molecule has 0 aliphatic rings. The molecule has 1 heterocycles. The van der Waals surface area contributed by atoms with Crippen molar-refractivity contribution in [1.82, 2.24) is 4.98 Å². The molecule has 0 aliphatic heterocycles. The van der Waals surface area contributed by atoms with Gasteiger partial charge in [-0.2, -0.15) is 0 Å². The second kappa shape index (κ2) is 5.17. The Balaban J connectivity index is 2.41. The molecular weight excluding hydrogens is 196 g/mol. The van der Waals surface area contributed by atoms with E-state index in [0.717, 1.165) is 19.4 Å². The summed E-state index contributed by atoms with van der Waals surface area (Å²) in [5, 5.41) is 1.35. The van der Waals surface area contributed by atoms with Gasteiger partial charge in [-0.25, -0.2) is 0 Å². The summed E-state index contributed by atoms with van der Waals surface area (Å²) in [6.07, 6.45) is 4.59. The zero-order valence-electron chi connectivity index (χ0n) is 9.92. The van der Waals surface area contributed by atoms with Gasteiger partial charge in [0.2, 0.25) is 0 Å². The smallest absolute Gasteiger partial charge is 0.0458 e. The van der Waals surface area contributed by atoms with Crippen LogP contribution in [0.2, 0.25) is 0 Å². The van der Waals surface area contributed by atoms with Gasteiger partial charge in [-0.3, -0.25) is 0 Å². The Kier molecular flexibility index (Phi) is 3.62. The van der Waals surface area contributed by atoms with Crippen molar-refractivity contribution in [3.8, 4) is 0 Å². The highest BCUT2D eigenvalue weighted by Gasteiger charge is 2.09. The number of nitrogens with two attached hydrogens (primary N) is 1. The van der Waals surface area contributed by atoms with Crippen LogP contribution in [0.3, 0.4) is 0 Å². The Labute approximate surface area is 96.9 Å². The van der Waals surface area contributed by atoms with Crippen LogP contribution in [0.15, 0.2) is 24.3 Å². The molecule has 0 radical (unpaired) electrons. The van der Waals surface area contributed by atoms with Crippen molar-refractivity contribution in [3.63, 3.8) is 0 Å². The fraction of sp³-hybridized carbons (Fsp3) is 0.429. The lowest BCUT2D eigenvalue weighted by Gasteiger charge is -2.02. The van der Waals surface area contributed by atoms with Gasteiger partial charge in [0.25, 0.3) is 0 Å². The largest absolute Gasteiger partial charge is 0.358 e. The monoisotopic (exact) mass is 216 g/mol. The average Bonchev–Trinajstić information content (AvgIpc) is 2.66. The highest BCUT2D eigenvalue weighted by atomic mass is 14.7. The molecule has 2 rings (SSSR count). The molecule has 0 saturated carbocycles. The first-order chi connectivity index (χ1) is 7.86. The van der Waals surface area contributed by atoms with Gasteiger partial charge in [0, 0.05) is 16.6 Å². The van der Waals surface area contributed by atoms with E-state index in [1.165, 1.54) is 35.0 Å². The molecule has 2 nitrogen and oxygen atoms in total. The van der Waals surface area contributed by atoms with Gasteiger partial charge in [0.1, 0.15) is 0 Å². The summed E-state index contributed by atoms with van der Waals surface area (Å²) in [7, 11) is 0. The normalized spacial score (nSPS) is 11.1. The van der Waals surface area contributed by atoms with Crippen molar-refractivity contribution >= 4 is 10.9 Å². The van der Waals surface area contributed by atoms with Crippen molar-refractivity contribution in [3.05, 3.63) is 35.5 Å². The minimum Gasteiger partial charge on any atom is -0.358 e. The van der Waals surface area contributed by atoms with Gasteiger partial charge in [0.05, 0.1) is 0 Å². The summed E-state index contributed by atoms with van der Waals surface area (Å²) >= 11 is 0. The van der Waals surface area contributed by atoms with Gasteiger partial charge < -0.3 is 10.7 Å². The number of rotatable bonds is 5. The molecule has 1 aromatic carbocycles. The van der Waals surface area contributed by atoms with Crippen LogP contribution in [0.5, 0.6) is 0 Å². The lowest BCUT2D eigenvalue weighted by Crippen LogP contribution is -2.04. The van der Waals surface area contributed by atoms with Gasteiger partial charge in [0.15, 0.2) is 0 Å². The third-order valence-corrected chi connectivity index (χ3v) is 3.08. The van der Waals surface area contributed by atoms with Gasteiger partial charge in [-0.1, -0.05) is 31.5 Å². The molecule has 3 N–H and O–H groups in total. The van der Waals surface area contributed by atoms with Gasteiger partial charge in [-0.05, 0) is 37.4 Å². The predicted octanol–water partition coefficient (Wildman–Crippen LogP) is 3.01. The van der Waals surface area contributed by atoms with E-state index < -0.39 is 0 Å². The maximum absolute atomic E-state index is 5.69. The number of aryl methyl sites for hydroxylation is 1. The number of H-pyrrole nitrogens is 1. The Morgan fingerprint density at radius 3 is 2.75 bits per heavy atom. The third-order valence-electron chi connectivity index (χ3n) is 3.08. The topological polar surface area (TPSA) is 41.8 Å². The van der Waals surface area contributed by atoms with Crippen molar-refractivity contribution in [2.24, 2.45) is 5.73 Å². The first kappa shape index (κ1) is 11.2. The van der Waals surface area contributed by atoms with E-state index in [9.17, 15) is 0 Å². The van der Waals surface area contributed by atoms with Crippen LogP contribution < -0.4 is 5.73 Å². The summed E-state index contributed by atoms with van der Waals surface area (Å²) in [4.78, 5) is 3.53. The SMILES string of the molecule is CCCCc1[nH]c2ccccc2c1CCN. The summed E-state index contributed by atoms with van der Waals surface area (Å²) in [6.45, 7) is 2.95. The van der Waals surface area contributed by atoms with Crippen LogP contribution in [0.4, 0.5) is 0 Å². The molecule has 86 valence electrons. The molecule has 0 bridgehead atoms. The zero-order valence-corrected chi connectivity index (χ0v) is 9.92. The summed E-state index contributed by atoms with van der Waals surface area (Å²) < 4.78 is 0. The molecule has 0 spiro atoms. The van der Waals surface area contributed by atoms with E-state index in [2.05, 4.69) is 36.2 Å². The van der Waals surface area contributed by atoms with E-state index in [0.29, 0.717) is 0 Å². The van der Waals surface area contributed by atoms with Crippen LogP contribution in [0.1, 0.15) is 31.0 Å². The minimum atomic E-state index is 0.723. The van der Waals surface area contributed by atoms with Crippen LogP contribution in [-0.2, 0) is 12.8 Å². The number of aromatic amines is 1. The number of unbranched alkanes of at least 4 members (excludes halogenated alkanes) is 1. The van der Waals surface area contributed by atoms with Crippen LogP contribution in [-0.4, -0.2) is 11.5 Å². The average molecular weight is 216 g/mol. The van der Waals surface area contributed by atoms with Crippen molar-refractivity contribution in [1.29, 1.82) is 0 Å². The van der Waals surface area contributed by atoms with E-state index >= 15 is 0 Å². The number of para-hydroxylation sites is 1. The Morgan fingerprint density at radius 2 is 2.00 bits per heavy atom. The van der Waals surface area contributed by atoms with E-state index in [1.54, 1.807) is 0 Å². The molecule has 0 unspecified atom stereocenters. The number of nitrogens with one attached hydrogen (secondary N) is 1. The molecule has 0 amide bonds. The Hall–Kier alpha value is -1.28. The van der Waals surface area contributed by atoms with Crippen LogP contribution >= 0.6 is 0 Å². The lowest BCUT2D eigenvalue weighted by molar-refractivity contribution is 0.772. The first-order valence-electron chi connectivity index (χ1n) is 6.15. The molecule has 2 heteroatoms. The van der Waals surface area contributed by atoms with E-state index in [1.807, 2.05) is 0 Å². The van der Waals surface area contributed by atoms with Crippen LogP contribution in [0.25, 0.3) is 10.9 Å². The molecule has 2 aromatic rings. The predicted molar refractivity (Wildman–Crippen MR) is 69.7 cm³/mol. The Morgan fingerprint density at radius 1 is 1.19 bits per heavy atom. The lowest BCUT2D eigenvalue weighted by atomic mass is 10.0. The second-order valence-electron chi connectivity index (χ2n) is 4.27. The quantitative estimate of drug-likeness (QED) is 0.792. The minimum absolute atomic E-state index is 0.723. The van der Waals surface area contributed by atoms with E-state index in [-0.39, 0.29) is 0 Å². The molecule has 16 heavy (non-hydrogen) atoms. The zero-order chi connectivity index (χ0) is 11.4. The fourth-order valence-corrected chi connectivity index (χ4v) is 2.25. The fourth-order valence-electron chi connectivity index (χ4n) is 2.25. The highest BCUT2D eigenvalue weighted by Crippen LogP contribution is 2.23. The highest BCUT2D eigenvalue weighted by molar-refractivity contribution is 5.84. The number of benzene rings is 1. The third kappa shape index (κ3) is 2.12. The summed E-state index contributed by atoms with van der Waals surface area (Å²) in [6, 6.07) is 8.51. The van der Waals surface area contributed by atoms with Crippen LogP contribution in [0, 0.1) is 0 Å². The van der Waals surface area contributed by atoms with Crippen molar-refractivity contribution < 1.29 is 0 Å². The summed E-state index contributed by atoms with van der Waals surface area (Å²) in [5.74, 6) is 0. The first-order valence-corrected chi connectivity index (χ1v) is 6.15. The second-order valence-corrected chi connectivity index (χ2v) is 4.27. The Bertz CT molecular complexity index is 457. The summed E-state index contributed by atoms with van der Waals surface area (Å²) in [5.41, 5.74) is 9.75. The molecule has 0 fully saturated rings. The molecular formula is C14H20N2. The number of aromatic nitrogens is 1. The number of hydrogen-bond acceptors (Lipinski definition) is 1.